The third kappa shape index (κ3) is 4.84. The van der Waals surface area contributed by atoms with Crippen LogP contribution >= 0.6 is 11.8 Å². The van der Waals surface area contributed by atoms with Gasteiger partial charge in [0.05, 0.1) is 0 Å². The first-order valence-corrected chi connectivity index (χ1v) is 12.8. The van der Waals surface area contributed by atoms with E-state index in [1.165, 1.54) is 43.5 Å². The van der Waals surface area contributed by atoms with Gasteiger partial charge < -0.3 is 4.90 Å². The van der Waals surface area contributed by atoms with Crippen molar-refractivity contribution in [3.05, 3.63) is 64.7 Å². The van der Waals surface area contributed by atoms with Gasteiger partial charge in [0.25, 0.3) is 5.91 Å². The molecule has 0 spiro atoms. The first kappa shape index (κ1) is 22.2. The molecule has 3 aliphatic rings. The lowest BCUT2D eigenvalue weighted by atomic mass is 10.0. The Morgan fingerprint density at radius 1 is 0.970 bits per heavy atom. The number of thioether (sulfide) groups is 1. The van der Waals surface area contributed by atoms with Crippen LogP contribution in [0.15, 0.2) is 47.4 Å². The highest BCUT2D eigenvalue weighted by molar-refractivity contribution is 7.98. The van der Waals surface area contributed by atoms with Crippen molar-refractivity contribution in [2.45, 2.75) is 61.9 Å². The molecule has 5 rings (SSSR count). The highest BCUT2D eigenvalue weighted by Gasteiger charge is 2.39. The second kappa shape index (κ2) is 9.69. The SMILES string of the molecule is O=C1CCC(N2Cc3c(SCc4cccc(CN5CCCCC5)c4)cccc3C2=O)C(=O)N1. The van der Waals surface area contributed by atoms with E-state index in [-0.39, 0.29) is 24.1 Å². The molecule has 2 aromatic carbocycles. The van der Waals surface area contributed by atoms with E-state index in [9.17, 15) is 14.4 Å². The molecule has 0 aliphatic carbocycles. The minimum Gasteiger partial charge on any atom is -0.322 e. The molecule has 1 atom stereocenters. The van der Waals surface area contributed by atoms with Crippen LogP contribution in [0, 0.1) is 0 Å². The van der Waals surface area contributed by atoms with E-state index in [4.69, 9.17) is 0 Å². The Bertz CT molecular complexity index is 1080. The Labute approximate surface area is 198 Å². The molecular formula is C26H29N3O3S. The van der Waals surface area contributed by atoms with E-state index < -0.39 is 6.04 Å². The molecule has 0 saturated carbocycles. The third-order valence-corrected chi connectivity index (χ3v) is 7.95. The zero-order valence-electron chi connectivity index (χ0n) is 18.7. The lowest BCUT2D eigenvalue weighted by Crippen LogP contribution is -2.52. The maximum absolute atomic E-state index is 13.0. The lowest BCUT2D eigenvalue weighted by Gasteiger charge is -2.29. The number of nitrogens with zero attached hydrogens (tertiary/aromatic N) is 2. The fraction of sp³-hybridized carbons (Fsp3) is 0.423. The van der Waals surface area contributed by atoms with E-state index in [0.29, 0.717) is 18.5 Å². The molecule has 3 heterocycles. The standard InChI is InChI=1S/C26H29N3O3S/c30-24-11-10-22(25(31)27-24)29-16-21-20(26(29)32)8-5-9-23(21)33-17-19-7-4-6-18(14-19)15-28-12-2-1-3-13-28/h4-9,14,22H,1-3,10-13,15-17H2,(H,27,30,31). The van der Waals surface area contributed by atoms with Crippen molar-refractivity contribution in [3.8, 4) is 0 Å². The molecule has 0 radical (unpaired) electrons. The topological polar surface area (TPSA) is 69.7 Å². The number of amides is 3. The summed E-state index contributed by atoms with van der Waals surface area (Å²) in [6.45, 7) is 3.80. The molecule has 0 aromatic heterocycles. The Hall–Kier alpha value is -2.64. The summed E-state index contributed by atoms with van der Waals surface area (Å²) in [5.41, 5.74) is 4.29. The predicted octanol–water partition coefficient (Wildman–Crippen LogP) is 3.73. The number of likely N-dealkylation sites (tertiary alicyclic amines) is 1. The van der Waals surface area contributed by atoms with Gasteiger partial charge in [-0.15, -0.1) is 11.8 Å². The van der Waals surface area contributed by atoms with E-state index >= 15 is 0 Å². The van der Waals surface area contributed by atoms with Crippen molar-refractivity contribution >= 4 is 29.5 Å². The first-order valence-electron chi connectivity index (χ1n) is 11.8. The predicted molar refractivity (Wildman–Crippen MR) is 128 cm³/mol. The number of hydrogen-bond donors (Lipinski definition) is 1. The minimum atomic E-state index is -0.577. The number of carbonyl (C=O) groups is 3. The van der Waals surface area contributed by atoms with E-state index in [2.05, 4.69) is 40.5 Å². The fourth-order valence-corrected chi connectivity index (χ4v) is 6.07. The Balaban J connectivity index is 1.26. The molecular weight excluding hydrogens is 434 g/mol. The van der Waals surface area contributed by atoms with Gasteiger partial charge in [0.2, 0.25) is 11.8 Å². The van der Waals surface area contributed by atoms with Crippen molar-refractivity contribution in [1.29, 1.82) is 0 Å². The molecule has 2 fully saturated rings. The number of imide groups is 1. The van der Waals surface area contributed by atoms with Gasteiger partial charge >= 0.3 is 0 Å². The number of fused-ring (bicyclic) bond motifs is 1. The van der Waals surface area contributed by atoms with Crippen LogP contribution in [-0.4, -0.2) is 46.7 Å². The minimum absolute atomic E-state index is 0.120. The Kier molecular flexibility index (Phi) is 6.51. The average Bonchev–Trinajstić information content (AvgIpc) is 3.15. The van der Waals surface area contributed by atoms with Crippen LogP contribution in [0.3, 0.4) is 0 Å². The van der Waals surface area contributed by atoms with Crippen LogP contribution in [-0.2, 0) is 28.4 Å². The molecule has 6 nitrogen and oxygen atoms in total. The average molecular weight is 464 g/mol. The first-order chi connectivity index (χ1) is 16.1. The summed E-state index contributed by atoms with van der Waals surface area (Å²) < 4.78 is 0. The van der Waals surface area contributed by atoms with Gasteiger partial charge in [0.1, 0.15) is 6.04 Å². The zero-order chi connectivity index (χ0) is 22.8. The summed E-state index contributed by atoms with van der Waals surface area (Å²) in [5.74, 6) is 0.0773. The quantitative estimate of drug-likeness (QED) is 0.522. The Morgan fingerprint density at radius 3 is 2.58 bits per heavy atom. The van der Waals surface area contributed by atoms with E-state index in [1.54, 1.807) is 16.7 Å². The van der Waals surface area contributed by atoms with Crippen LogP contribution < -0.4 is 5.32 Å². The van der Waals surface area contributed by atoms with Gasteiger partial charge in [0.15, 0.2) is 0 Å². The summed E-state index contributed by atoms with van der Waals surface area (Å²) in [7, 11) is 0. The monoisotopic (exact) mass is 463 g/mol. The van der Waals surface area contributed by atoms with E-state index in [1.807, 2.05) is 12.1 Å². The van der Waals surface area contributed by atoms with Crippen molar-refractivity contribution in [1.82, 2.24) is 15.1 Å². The second-order valence-electron chi connectivity index (χ2n) is 9.13. The van der Waals surface area contributed by atoms with Crippen LogP contribution in [0.1, 0.15) is 59.2 Å². The normalized spacial score (nSPS) is 21.3. The highest BCUT2D eigenvalue weighted by Crippen LogP contribution is 2.35. The van der Waals surface area contributed by atoms with Crippen molar-refractivity contribution < 1.29 is 14.4 Å². The molecule has 7 heteroatoms. The number of carbonyl (C=O) groups excluding carboxylic acids is 3. The summed E-state index contributed by atoms with van der Waals surface area (Å²) in [6, 6.07) is 14.0. The van der Waals surface area contributed by atoms with Crippen molar-refractivity contribution in [3.63, 3.8) is 0 Å². The number of hydrogen-bond acceptors (Lipinski definition) is 5. The van der Waals surface area contributed by atoms with E-state index in [0.717, 1.165) is 22.8 Å². The molecule has 2 saturated heterocycles. The maximum atomic E-state index is 13.0. The van der Waals surface area contributed by atoms with Gasteiger partial charge in [-0.05, 0) is 61.2 Å². The molecule has 0 bridgehead atoms. The summed E-state index contributed by atoms with van der Waals surface area (Å²) in [4.78, 5) is 42.1. The van der Waals surface area contributed by atoms with Gasteiger partial charge in [-0.3, -0.25) is 24.6 Å². The smallest absolute Gasteiger partial charge is 0.255 e. The molecule has 1 unspecified atom stereocenters. The lowest BCUT2D eigenvalue weighted by molar-refractivity contribution is -0.136. The summed E-state index contributed by atoms with van der Waals surface area (Å²) in [5, 5.41) is 2.37. The van der Waals surface area contributed by atoms with Crippen molar-refractivity contribution in [2.24, 2.45) is 0 Å². The summed E-state index contributed by atoms with van der Waals surface area (Å²) in [6.07, 6.45) is 4.59. The van der Waals surface area contributed by atoms with Gasteiger partial charge in [-0.1, -0.05) is 36.8 Å². The number of rotatable bonds is 6. The van der Waals surface area contributed by atoms with Crippen LogP contribution in [0.4, 0.5) is 0 Å². The fourth-order valence-electron chi connectivity index (χ4n) is 5.05. The molecule has 1 N–H and O–H groups in total. The molecule has 3 amide bonds. The number of piperidine rings is 2. The maximum Gasteiger partial charge on any atom is 0.255 e. The molecule has 3 aliphatic heterocycles. The zero-order valence-corrected chi connectivity index (χ0v) is 19.5. The highest BCUT2D eigenvalue weighted by atomic mass is 32.2. The largest absolute Gasteiger partial charge is 0.322 e. The number of nitrogens with one attached hydrogen (secondary N) is 1. The van der Waals surface area contributed by atoms with Crippen LogP contribution in [0.25, 0.3) is 0 Å². The third-order valence-electron chi connectivity index (χ3n) is 6.78. The second-order valence-corrected chi connectivity index (χ2v) is 10.1. The van der Waals surface area contributed by atoms with Gasteiger partial charge in [-0.2, -0.15) is 0 Å². The van der Waals surface area contributed by atoms with Crippen molar-refractivity contribution in [2.75, 3.05) is 13.1 Å². The van der Waals surface area contributed by atoms with Gasteiger partial charge in [-0.25, -0.2) is 0 Å². The molecule has 2 aromatic rings. The van der Waals surface area contributed by atoms with Crippen LogP contribution in [0.2, 0.25) is 0 Å². The number of benzene rings is 2. The van der Waals surface area contributed by atoms with Crippen LogP contribution in [0.5, 0.6) is 0 Å². The Morgan fingerprint density at radius 2 is 1.76 bits per heavy atom. The molecule has 33 heavy (non-hydrogen) atoms. The summed E-state index contributed by atoms with van der Waals surface area (Å²) >= 11 is 1.74. The molecule has 172 valence electrons. The van der Waals surface area contributed by atoms with Gasteiger partial charge in [0, 0.05) is 35.7 Å².